The van der Waals surface area contributed by atoms with E-state index in [0.717, 1.165) is 12.0 Å². The van der Waals surface area contributed by atoms with Crippen LogP contribution in [0.1, 0.15) is 52.0 Å². The zero-order valence-electron chi connectivity index (χ0n) is 19.2. The lowest BCUT2D eigenvalue weighted by atomic mass is 9.80. The molecule has 1 aliphatic heterocycles. The van der Waals surface area contributed by atoms with Crippen molar-refractivity contribution in [2.75, 3.05) is 18.6 Å². The summed E-state index contributed by atoms with van der Waals surface area (Å²) in [7, 11) is 1.14. The molecule has 11 heteroatoms. The van der Waals surface area contributed by atoms with Crippen molar-refractivity contribution in [1.29, 1.82) is 0 Å². The van der Waals surface area contributed by atoms with E-state index in [0.29, 0.717) is 0 Å². The molecule has 1 unspecified atom stereocenters. The van der Waals surface area contributed by atoms with Crippen molar-refractivity contribution < 1.29 is 38.3 Å². The average Bonchev–Trinajstić information content (AvgIpc) is 3.01. The quantitative estimate of drug-likeness (QED) is 0.245. The number of carbonyl (C=O) groups excluding carboxylic acids is 4. The Morgan fingerprint density at radius 1 is 1.21 bits per heavy atom. The second-order valence-electron chi connectivity index (χ2n) is 8.44. The van der Waals surface area contributed by atoms with Gasteiger partial charge < -0.3 is 14.2 Å². The van der Waals surface area contributed by atoms with Crippen LogP contribution in [0.4, 0.5) is 10.5 Å². The van der Waals surface area contributed by atoms with Crippen LogP contribution in [-0.4, -0.2) is 54.2 Å². The Kier molecular flexibility index (Phi) is 8.13. The van der Waals surface area contributed by atoms with Crippen molar-refractivity contribution in [3.8, 4) is 0 Å². The molecule has 1 aliphatic rings. The number of methoxy groups -OCH3 is 1. The topological polar surface area (TPSA) is 142 Å². The molecule has 3 atom stereocenters. The first-order valence-electron chi connectivity index (χ1n) is 10.5. The Morgan fingerprint density at radius 3 is 2.39 bits per heavy atom. The van der Waals surface area contributed by atoms with Gasteiger partial charge in [0.25, 0.3) is 0 Å². The third-order valence-electron chi connectivity index (χ3n) is 5.05. The maximum Gasteiger partial charge on any atom is 0.421 e. The molecule has 0 bridgehead atoms. The van der Waals surface area contributed by atoms with E-state index in [4.69, 9.17) is 9.47 Å². The molecular weight excluding hydrogens is 436 g/mol. The van der Waals surface area contributed by atoms with Crippen molar-refractivity contribution in [1.82, 2.24) is 0 Å². The second kappa shape index (κ2) is 10.4. The summed E-state index contributed by atoms with van der Waals surface area (Å²) in [6.07, 6.45) is -1.66. The van der Waals surface area contributed by atoms with E-state index >= 15 is 0 Å². The summed E-state index contributed by atoms with van der Waals surface area (Å²) in [6, 6.07) is 4.56. The Morgan fingerprint density at radius 2 is 1.85 bits per heavy atom. The molecule has 0 aromatic heterocycles. The Labute approximate surface area is 191 Å². The molecule has 2 rings (SSSR count). The number of ether oxygens (including phenoxy) is 3. The third kappa shape index (κ3) is 5.85. The fourth-order valence-electron chi connectivity index (χ4n) is 3.73. The summed E-state index contributed by atoms with van der Waals surface area (Å²) in [5.74, 6) is -5.46. The van der Waals surface area contributed by atoms with Gasteiger partial charge in [-0.3, -0.25) is 24.5 Å². The number of imide groups is 1. The summed E-state index contributed by atoms with van der Waals surface area (Å²) < 4.78 is 15.0. The first-order valence-corrected chi connectivity index (χ1v) is 10.5. The minimum atomic E-state index is -1.64. The molecule has 33 heavy (non-hydrogen) atoms. The van der Waals surface area contributed by atoms with Crippen LogP contribution in [0.5, 0.6) is 0 Å². The summed E-state index contributed by atoms with van der Waals surface area (Å²) >= 11 is 0. The predicted octanol–water partition coefficient (Wildman–Crippen LogP) is 2.83. The fourth-order valence-corrected chi connectivity index (χ4v) is 3.73. The smallest absolute Gasteiger partial charge is 0.421 e. The monoisotopic (exact) mass is 464 g/mol. The average molecular weight is 464 g/mol. The number of carbonyl (C=O) groups is 4. The number of amides is 2. The first-order chi connectivity index (χ1) is 15.4. The fraction of sp³-hybridized carbons (Fsp3) is 0.545. The van der Waals surface area contributed by atoms with Gasteiger partial charge in [0, 0.05) is 11.3 Å². The number of para-hydroxylation sites is 1. The molecule has 0 fully saturated rings. The highest BCUT2D eigenvalue weighted by molar-refractivity contribution is 6.20. The highest BCUT2D eigenvalue weighted by Gasteiger charge is 2.54. The number of anilines is 1. The van der Waals surface area contributed by atoms with Crippen molar-refractivity contribution in [2.45, 2.75) is 58.1 Å². The van der Waals surface area contributed by atoms with E-state index in [-0.39, 0.29) is 30.7 Å². The third-order valence-corrected chi connectivity index (χ3v) is 5.05. The molecule has 2 amide bonds. The number of benzene rings is 1. The highest BCUT2D eigenvalue weighted by Crippen LogP contribution is 2.44. The molecular formula is C22H28N2O9. The van der Waals surface area contributed by atoms with Gasteiger partial charge in [0.1, 0.15) is 11.5 Å². The number of rotatable bonds is 8. The standard InChI is InChI=1S/C22H28N2O9/c1-6-32-20(27)18(15(24(29)30)11-12-16(25)31-5)17-13-9-7-8-10-14(13)23(19(17)26)21(28)33-22(2,3)4/h7-10,15,17-18H,6,11-12H2,1-5H3/t15-,17?,18-/m0/s1. The van der Waals surface area contributed by atoms with E-state index in [2.05, 4.69) is 4.74 Å². The lowest BCUT2D eigenvalue weighted by Gasteiger charge is -2.26. The zero-order valence-corrected chi connectivity index (χ0v) is 19.2. The van der Waals surface area contributed by atoms with Crippen LogP contribution < -0.4 is 4.90 Å². The molecule has 1 aromatic carbocycles. The van der Waals surface area contributed by atoms with Gasteiger partial charge >= 0.3 is 18.0 Å². The molecule has 1 aromatic rings. The predicted molar refractivity (Wildman–Crippen MR) is 115 cm³/mol. The Balaban J connectivity index is 2.57. The van der Waals surface area contributed by atoms with Crippen LogP contribution in [0.3, 0.4) is 0 Å². The normalized spacial score (nSPS) is 17.1. The highest BCUT2D eigenvalue weighted by atomic mass is 16.6. The Hall–Kier alpha value is -3.50. The lowest BCUT2D eigenvalue weighted by molar-refractivity contribution is -0.531. The van der Waals surface area contributed by atoms with Crippen molar-refractivity contribution >= 4 is 29.6 Å². The van der Waals surface area contributed by atoms with Gasteiger partial charge in [-0.05, 0) is 39.3 Å². The van der Waals surface area contributed by atoms with Gasteiger partial charge in [0.15, 0.2) is 0 Å². The van der Waals surface area contributed by atoms with E-state index in [1.165, 1.54) is 19.1 Å². The molecule has 0 saturated heterocycles. The number of nitrogens with zero attached hydrogens (tertiary/aromatic N) is 2. The second-order valence-corrected chi connectivity index (χ2v) is 8.44. The maximum absolute atomic E-state index is 13.5. The number of hydrogen-bond donors (Lipinski definition) is 0. The van der Waals surface area contributed by atoms with Crippen LogP contribution in [0.2, 0.25) is 0 Å². The van der Waals surface area contributed by atoms with Gasteiger partial charge in [-0.15, -0.1) is 0 Å². The Bertz CT molecular complexity index is 938. The number of esters is 2. The van der Waals surface area contributed by atoms with Gasteiger partial charge in [-0.25, -0.2) is 9.69 Å². The van der Waals surface area contributed by atoms with E-state index in [9.17, 15) is 29.3 Å². The van der Waals surface area contributed by atoms with Gasteiger partial charge in [-0.1, -0.05) is 18.2 Å². The van der Waals surface area contributed by atoms with Crippen LogP contribution in [0.25, 0.3) is 0 Å². The van der Waals surface area contributed by atoms with Crippen molar-refractivity contribution in [3.63, 3.8) is 0 Å². The van der Waals surface area contributed by atoms with Crippen LogP contribution in [-0.2, 0) is 28.6 Å². The molecule has 0 radical (unpaired) electrons. The molecule has 0 N–H and O–H groups in total. The largest absolute Gasteiger partial charge is 0.469 e. The summed E-state index contributed by atoms with van der Waals surface area (Å²) in [5, 5.41) is 12.0. The molecule has 0 saturated carbocycles. The molecule has 180 valence electrons. The number of hydrogen-bond acceptors (Lipinski definition) is 9. The van der Waals surface area contributed by atoms with Crippen LogP contribution >= 0.6 is 0 Å². The van der Waals surface area contributed by atoms with E-state index in [1.807, 2.05) is 0 Å². The lowest BCUT2D eigenvalue weighted by Crippen LogP contribution is -2.45. The SMILES string of the molecule is CCOC(=O)[C@H](C1C(=O)N(C(=O)OC(C)(C)C)c2ccccc21)[C@H](CCC(=O)OC)[N+](=O)[O-]. The maximum atomic E-state index is 13.5. The van der Waals surface area contributed by atoms with Crippen LogP contribution in [0.15, 0.2) is 24.3 Å². The van der Waals surface area contributed by atoms with Crippen molar-refractivity contribution in [2.24, 2.45) is 5.92 Å². The van der Waals surface area contributed by atoms with Gasteiger partial charge in [0.05, 0.1) is 31.7 Å². The first kappa shape index (κ1) is 25.8. The van der Waals surface area contributed by atoms with E-state index < -0.39 is 52.3 Å². The zero-order chi connectivity index (χ0) is 24.9. The van der Waals surface area contributed by atoms with Gasteiger partial charge in [-0.2, -0.15) is 0 Å². The molecule has 1 heterocycles. The van der Waals surface area contributed by atoms with Gasteiger partial charge in [0.2, 0.25) is 11.9 Å². The van der Waals surface area contributed by atoms with Crippen LogP contribution in [0, 0.1) is 16.0 Å². The summed E-state index contributed by atoms with van der Waals surface area (Å²) in [5.41, 5.74) is -0.475. The summed E-state index contributed by atoms with van der Waals surface area (Å²) in [4.78, 5) is 62.9. The van der Waals surface area contributed by atoms with Crippen molar-refractivity contribution in [3.05, 3.63) is 39.9 Å². The molecule has 11 nitrogen and oxygen atoms in total. The summed E-state index contributed by atoms with van der Waals surface area (Å²) in [6.45, 7) is 6.35. The number of fused-ring (bicyclic) bond motifs is 1. The molecule has 0 spiro atoms. The molecule has 0 aliphatic carbocycles. The number of nitro groups is 1. The minimum absolute atomic E-state index is 0.0743. The van der Waals surface area contributed by atoms with E-state index in [1.54, 1.807) is 32.9 Å². The minimum Gasteiger partial charge on any atom is -0.469 e.